The molecule has 1 aliphatic heterocycles. The first-order valence-corrected chi connectivity index (χ1v) is 6.83. The predicted molar refractivity (Wildman–Crippen MR) is 67.0 cm³/mol. The lowest BCUT2D eigenvalue weighted by molar-refractivity contribution is -0.147. The Kier molecular flexibility index (Phi) is 4.58. The van der Waals surface area contributed by atoms with Crippen molar-refractivity contribution >= 4 is 11.9 Å². The minimum Gasteiger partial charge on any atom is -0.469 e. The van der Waals surface area contributed by atoms with Gasteiger partial charge in [0.25, 0.3) is 0 Å². The highest BCUT2D eigenvalue weighted by Gasteiger charge is 2.34. The predicted octanol–water partition coefficient (Wildman–Crippen LogP) is 0.683. The maximum Gasteiger partial charge on any atom is 0.307 e. The minimum absolute atomic E-state index is 0.0681. The van der Waals surface area contributed by atoms with Crippen LogP contribution in [0.3, 0.4) is 0 Å². The average Bonchev–Trinajstić information content (AvgIpc) is 2.42. The van der Waals surface area contributed by atoms with Gasteiger partial charge in [-0.2, -0.15) is 0 Å². The maximum absolute atomic E-state index is 12.3. The Morgan fingerprint density at radius 2 is 2.11 bits per heavy atom. The first-order chi connectivity index (χ1) is 8.72. The number of hydrogen-bond donors (Lipinski definition) is 1. The molecule has 1 unspecified atom stereocenters. The van der Waals surface area contributed by atoms with E-state index in [0.29, 0.717) is 6.04 Å². The van der Waals surface area contributed by atoms with Crippen LogP contribution in [0.15, 0.2) is 0 Å². The molecule has 0 spiro atoms. The first-order valence-electron chi connectivity index (χ1n) is 6.83. The summed E-state index contributed by atoms with van der Waals surface area (Å²) in [6.45, 7) is 1.53. The maximum atomic E-state index is 12.3. The van der Waals surface area contributed by atoms with Gasteiger partial charge in [0.15, 0.2) is 0 Å². The van der Waals surface area contributed by atoms with Crippen LogP contribution >= 0.6 is 0 Å². The van der Waals surface area contributed by atoms with Gasteiger partial charge >= 0.3 is 5.97 Å². The van der Waals surface area contributed by atoms with E-state index in [9.17, 15) is 9.59 Å². The molecule has 0 aromatic rings. The molecule has 1 heterocycles. The van der Waals surface area contributed by atoms with Crippen LogP contribution in [-0.2, 0) is 14.3 Å². The lowest BCUT2D eigenvalue weighted by atomic mass is 9.93. The third-order valence-corrected chi connectivity index (χ3v) is 3.94. The molecule has 1 aliphatic carbocycles. The summed E-state index contributed by atoms with van der Waals surface area (Å²) in [6, 6.07) is -0.0124. The van der Waals surface area contributed by atoms with Gasteiger partial charge in [-0.3, -0.25) is 9.59 Å². The van der Waals surface area contributed by atoms with Crippen molar-refractivity contribution in [3.05, 3.63) is 0 Å². The number of amides is 1. The third-order valence-electron chi connectivity index (χ3n) is 3.94. The Bertz CT molecular complexity index is 313. The van der Waals surface area contributed by atoms with E-state index >= 15 is 0 Å². The highest BCUT2D eigenvalue weighted by atomic mass is 16.5. The Labute approximate surface area is 108 Å². The standard InChI is InChI=1S/C13H22N2O3/c1-18-12(16)9-11-13(17)15(8-7-14-11)10-5-3-2-4-6-10/h10-11,14H,2-9H2,1H3. The fraction of sp³-hybridized carbons (Fsp3) is 0.846. The van der Waals surface area contributed by atoms with Crippen molar-refractivity contribution in [2.24, 2.45) is 0 Å². The van der Waals surface area contributed by atoms with Gasteiger partial charge in [0.2, 0.25) is 5.91 Å². The Morgan fingerprint density at radius 3 is 2.78 bits per heavy atom. The van der Waals surface area contributed by atoms with Gasteiger partial charge in [-0.25, -0.2) is 0 Å². The number of methoxy groups -OCH3 is 1. The van der Waals surface area contributed by atoms with E-state index < -0.39 is 6.04 Å². The molecule has 2 fully saturated rings. The zero-order valence-corrected chi connectivity index (χ0v) is 11.0. The second-order valence-corrected chi connectivity index (χ2v) is 5.11. The van der Waals surface area contributed by atoms with Crippen molar-refractivity contribution < 1.29 is 14.3 Å². The molecule has 0 radical (unpaired) electrons. The molecular weight excluding hydrogens is 232 g/mol. The van der Waals surface area contributed by atoms with Gasteiger partial charge in [-0.05, 0) is 12.8 Å². The topological polar surface area (TPSA) is 58.6 Å². The van der Waals surface area contributed by atoms with Crippen molar-refractivity contribution in [1.82, 2.24) is 10.2 Å². The molecule has 2 aliphatic rings. The van der Waals surface area contributed by atoms with Gasteiger partial charge in [0.1, 0.15) is 0 Å². The largest absolute Gasteiger partial charge is 0.469 e. The molecule has 5 nitrogen and oxygen atoms in total. The smallest absolute Gasteiger partial charge is 0.307 e. The number of piperazine rings is 1. The number of nitrogens with one attached hydrogen (secondary N) is 1. The number of nitrogens with zero attached hydrogens (tertiary/aromatic N) is 1. The molecule has 1 saturated heterocycles. The van der Waals surface area contributed by atoms with Crippen LogP contribution in [-0.4, -0.2) is 49.1 Å². The summed E-state index contributed by atoms with van der Waals surface area (Å²) in [4.78, 5) is 25.6. The summed E-state index contributed by atoms with van der Waals surface area (Å²) in [7, 11) is 1.36. The summed E-state index contributed by atoms with van der Waals surface area (Å²) in [6.07, 6.45) is 6.06. The van der Waals surface area contributed by atoms with E-state index in [-0.39, 0.29) is 18.3 Å². The van der Waals surface area contributed by atoms with Crippen LogP contribution in [0.25, 0.3) is 0 Å². The summed E-state index contributed by atoms with van der Waals surface area (Å²) in [5, 5.41) is 3.11. The van der Waals surface area contributed by atoms with Crippen molar-refractivity contribution in [1.29, 1.82) is 0 Å². The molecule has 0 aromatic heterocycles. The fourth-order valence-corrected chi connectivity index (χ4v) is 2.92. The molecule has 1 atom stereocenters. The first kappa shape index (κ1) is 13.3. The van der Waals surface area contributed by atoms with E-state index in [4.69, 9.17) is 0 Å². The number of esters is 1. The molecule has 0 bridgehead atoms. The number of carbonyl (C=O) groups excluding carboxylic acids is 2. The van der Waals surface area contributed by atoms with E-state index in [2.05, 4.69) is 10.1 Å². The summed E-state index contributed by atoms with van der Waals surface area (Å²) >= 11 is 0. The average molecular weight is 254 g/mol. The van der Waals surface area contributed by atoms with Gasteiger partial charge < -0.3 is 15.0 Å². The molecule has 2 rings (SSSR count). The summed E-state index contributed by atoms with van der Waals surface area (Å²) in [5.74, 6) is -0.259. The van der Waals surface area contributed by atoms with Crippen molar-refractivity contribution in [3.63, 3.8) is 0 Å². The Hall–Kier alpha value is -1.10. The molecule has 1 saturated carbocycles. The lowest BCUT2D eigenvalue weighted by Gasteiger charge is -2.40. The zero-order chi connectivity index (χ0) is 13.0. The minimum atomic E-state index is -0.395. The number of carbonyl (C=O) groups is 2. The van der Waals surface area contributed by atoms with Crippen LogP contribution in [0.1, 0.15) is 38.5 Å². The Morgan fingerprint density at radius 1 is 1.39 bits per heavy atom. The van der Waals surface area contributed by atoms with Gasteiger partial charge in [0.05, 0.1) is 19.6 Å². The van der Waals surface area contributed by atoms with E-state index in [1.54, 1.807) is 0 Å². The second kappa shape index (κ2) is 6.18. The monoisotopic (exact) mass is 254 g/mol. The van der Waals surface area contributed by atoms with E-state index in [1.165, 1.54) is 26.4 Å². The molecule has 102 valence electrons. The van der Waals surface area contributed by atoms with Crippen LogP contribution in [0.4, 0.5) is 0 Å². The summed E-state index contributed by atoms with van der Waals surface area (Å²) in [5.41, 5.74) is 0. The Balaban J connectivity index is 1.95. The SMILES string of the molecule is COC(=O)CC1NCCN(C2CCCCC2)C1=O. The van der Waals surface area contributed by atoms with E-state index in [0.717, 1.165) is 25.9 Å². The molecule has 1 amide bonds. The fourth-order valence-electron chi connectivity index (χ4n) is 2.92. The van der Waals surface area contributed by atoms with Crippen molar-refractivity contribution in [2.75, 3.05) is 20.2 Å². The van der Waals surface area contributed by atoms with Gasteiger partial charge in [0, 0.05) is 19.1 Å². The molecule has 5 heteroatoms. The lowest BCUT2D eigenvalue weighted by Crippen LogP contribution is -2.58. The number of rotatable bonds is 3. The third kappa shape index (κ3) is 3.02. The molecule has 1 N–H and O–H groups in total. The van der Waals surface area contributed by atoms with Crippen molar-refractivity contribution in [2.45, 2.75) is 50.6 Å². The van der Waals surface area contributed by atoms with Crippen LogP contribution in [0.5, 0.6) is 0 Å². The zero-order valence-electron chi connectivity index (χ0n) is 11.0. The van der Waals surface area contributed by atoms with E-state index in [1.807, 2.05) is 4.90 Å². The molecular formula is C13H22N2O3. The van der Waals surface area contributed by atoms with Crippen molar-refractivity contribution in [3.8, 4) is 0 Å². The summed E-state index contributed by atoms with van der Waals surface area (Å²) < 4.78 is 4.63. The van der Waals surface area contributed by atoms with Gasteiger partial charge in [-0.15, -0.1) is 0 Å². The normalized spacial score (nSPS) is 26.2. The van der Waals surface area contributed by atoms with Gasteiger partial charge in [-0.1, -0.05) is 19.3 Å². The van der Waals surface area contributed by atoms with Crippen LogP contribution in [0.2, 0.25) is 0 Å². The molecule has 18 heavy (non-hydrogen) atoms. The van der Waals surface area contributed by atoms with Crippen LogP contribution < -0.4 is 5.32 Å². The molecule has 0 aromatic carbocycles. The van der Waals surface area contributed by atoms with Crippen LogP contribution in [0, 0.1) is 0 Å². The highest BCUT2D eigenvalue weighted by molar-refractivity contribution is 5.87. The number of ether oxygens (including phenoxy) is 1. The quantitative estimate of drug-likeness (QED) is 0.753. The second-order valence-electron chi connectivity index (χ2n) is 5.11. The number of hydrogen-bond acceptors (Lipinski definition) is 4. The highest BCUT2D eigenvalue weighted by Crippen LogP contribution is 2.24.